The van der Waals surface area contributed by atoms with E-state index in [2.05, 4.69) is 4.57 Å². The predicted molar refractivity (Wildman–Crippen MR) is 117 cm³/mol. The normalized spacial score (nSPS) is 23.2. The van der Waals surface area contributed by atoms with E-state index in [1.165, 1.54) is 16.7 Å². The highest BCUT2D eigenvalue weighted by molar-refractivity contribution is 6.31. The number of halogens is 3. The maximum absolute atomic E-state index is 14.2. The number of Topliss-reactive ketones (excluding diaryl/α,β-unsaturated/α-hetero) is 1. The van der Waals surface area contributed by atoms with Crippen LogP contribution < -0.4 is 5.56 Å². The Balaban J connectivity index is 1.55. The molecule has 0 aliphatic heterocycles. The van der Waals surface area contributed by atoms with Crippen LogP contribution in [0.25, 0.3) is 22.0 Å². The number of rotatable bonds is 6. The van der Waals surface area contributed by atoms with Crippen molar-refractivity contribution < 1.29 is 13.6 Å². The van der Waals surface area contributed by atoms with Gasteiger partial charge in [0, 0.05) is 29.9 Å². The summed E-state index contributed by atoms with van der Waals surface area (Å²) >= 11 is 5.99. The third kappa shape index (κ3) is 3.51. The topological polar surface area (TPSA) is 44.0 Å². The monoisotopic (exact) mass is 444 g/mol. The summed E-state index contributed by atoms with van der Waals surface area (Å²) < 4.78 is 31.4. The number of hydrogen-bond donors (Lipinski definition) is 0. The standard InChI is InChI=1S/C24H23ClF2N2O2/c1-2-24(27)10-15(11-24)21(30)13-28-8-7-20-22(23(28)31)17(12-29(20)16-4-5-16)14-3-6-19(26)18(25)9-14/h3,6-9,12,15-16H,2,4-5,10-11,13H2,1H3. The molecule has 0 amide bonds. The second-order valence-electron chi connectivity index (χ2n) is 8.90. The number of aromatic nitrogens is 2. The zero-order chi connectivity index (χ0) is 21.9. The Kier molecular flexibility index (Phi) is 4.81. The zero-order valence-electron chi connectivity index (χ0n) is 17.2. The van der Waals surface area contributed by atoms with Gasteiger partial charge in [0.1, 0.15) is 11.5 Å². The number of carbonyl (C=O) groups excluding carboxylic acids is 1. The molecule has 0 spiro atoms. The average molecular weight is 445 g/mol. The highest BCUT2D eigenvalue weighted by Crippen LogP contribution is 2.44. The zero-order valence-corrected chi connectivity index (χ0v) is 18.0. The number of hydrogen-bond acceptors (Lipinski definition) is 2. The van der Waals surface area contributed by atoms with Gasteiger partial charge in [0.15, 0.2) is 5.78 Å². The summed E-state index contributed by atoms with van der Waals surface area (Å²) in [6.07, 6.45) is 6.51. The van der Waals surface area contributed by atoms with Crippen molar-refractivity contribution in [2.24, 2.45) is 5.92 Å². The number of ketones is 1. The molecule has 0 radical (unpaired) electrons. The van der Waals surface area contributed by atoms with Gasteiger partial charge in [0.2, 0.25) is 0 Å². The minimum absolute atomic E-state index is 0.00753. The van der Waals surface area contributed by atoms with Gasteiger partial charge in [0.25, 0.3) is 5.56 Å². The van der Waals surface area contributed by atoms with Gasteiger partial charge < -0.3 is 9.13 Å². The summed E-state index contributed by atoms with van der Waals surface area (Å²) in [5, 5.41) is 0.485. The minimum Gasteiger partial charge on any atom is -0.344 e. The Labute approximate surface area is 183 Å². The molecule has 5 rings (SSSR count). The third-order valence-corrected chi connectivity index (χ3v) is 7.06. The van der Waals surface area contributed by atoms with Gasteiger partial charge in [-0.25, -0.2) is 8.78 Å². The average Bonchev–Trinajstić information content (AvgIpc) is 3.50. The molecule has 7 heteroatoms. The van der Waals surface area contributed by atoms with Gasteiger partial charge in [-0.15, -0.1) is 0 Å². The first-order valence-electron chi connectivity index (χ1n) is 10.7. The molecule has 2 aliphatic rings. The molecule has 2 saturated carbocycles. The lowest BCUT2D eigenvalue weighted by Crippen LogP contribution is -2.44. The van der Waals surface area contributed by atoms with Crippen molar-refractivity contribution >= 4 is 28.3 Å². The molecule has 0 saturated heterocycles. The molecule has 2 heterocycles. The fourth-order valence-electron chi connectivity index (χ4n) is 4.60. The summed E-state index contributed by atoms with van der Waals surface area (Å²) in [4.78, 5) is 26.1. The van der Waals surface area contributed by atoms with E-state index in [1.807, 2.05) is 12.3 Å². The van der Waals surface area contributed by atoms with Crippen molar-refractivity contribution in [1.82, 2.24) is 9.13 Å². The van der Waals surface area contributed by atoms with Crippen LogP contribution in [0.5, 0.6) is 0 Å². The van der Waals surface area contributed by atoms with Crippen LogP contribution in [-0.2, 0) is 11.3 Å². The Morgan fingerprint density at radius 1 is 1.26 bits per heavy atom. The van der Waals surface area contributed by atoms with Gasteiger partial charge >= 0.3 is 0 Å². The van der Waals surface area contributed by atoms with E-state index in [1.54, 1.807) is 19.2 Å². The number of carbonyl (C=O) groups is 1. The SMILES string of the molecule is CCC1(F)CC(C(=O)Cn2ccc3c(c(-c4ccc(F)c(Cl)c4)cn3C3CC3)c2=O)C1. The Bertz CT molecular complexity index is 1250. The van der Waals surface area contributed by atoms with Gasteiger partial charge in [-0.05, 0) is 55.9 Å². The Morgan fingerprint density at radius 3 is 2.65 bits per heavy atom. The molecule has 0 N–H and O–H groups in total. The molecule has 4 nitrogen and oxygen atoms in total. The first-order chi connectivity index (χ1) is 14.8. The minimum atomic E-state index is -1.24. The van der Waals surface area contributed by atoms with E-state index in [4.69, 9.17) is 11.6 Å². The van der Waals surface area contributed by atoms with Gasteiger partial charge in [-0.1, -0.05) is 24.6 Å². The van der Waals surface area contributed by atoms with Crippen LogP contribution in [-0.4, -0.2) is 20.6 Å². The van der Waals surface area contributed by atoms with Crippen molar-refractivity contribution in [2.75, 3.05) is 0 Å². The van der Waals surface area contributed by atoms with E-state index in [9.17, 15) is 18.4 Å². The quantitative estimate of drug-likeness (QED) is 0.490. The largest absolute Gasteiger partial charge is 0.344 e. The molecule has 3 aromatic rings. The Hall–Kier alpha value is -2.47. The lowest BCUT2D eigenvalue weighted by atomic mass is 9.69. The maximum Gasteiger partial charge on any atom is 0.261 e. The first kappa shape index (κ1) is 20.4. The Morgan fingerprint density at radius 2 is 2.00 bits per heavy atom. The molecule has 2 aliphatic carbocycles. The lowest BCUT2D eigenvalue weighted by molar-refractivity contribution is -0.132. The van der Waals surface area contributed by atoms with Crippen LogP contribution in [0.2, 0.25) is 5.02 Å². The summed E-state index contributed by atoms with van der Waals surface area (Å²) in [7, 11) is 0. The smallest absolute Gasteiger partial charge is 0.261 e. The number of nitrogens with zero attached hydrogens (tertiary/aromatic N) is 2. The van der Waals surface area contributed by atoms with E-state index < -0.39 is 11.5 Å². The van der Waals surface area contributed by atoms with E-state index in [0.29, 0.717) is 29.0 Å². The fourth-order valence-corrected chi connectivity index (χ4v) is 4.79. The van der Waals surface area contributed by atoms with Crippen LogP contribution >= 0.6 is 11.6 Å². The molecule has 2 fully saturated rings. The van der Waals surface area contributed by atoms with Crippen molar-refractivity contribution in [3.63, 3.8) is 0 Å². The molecule has 0 unspecified atom stereocenters. The number of alkyl halides is 1. The molecular weight excluding hydrogens is 422 g/mol. The van der Waals surface area contributed by atoms with Crippen LogP contribution in [0.1, 0.15) is 45.1 Å². The first-order valence-corrected chi connectivity index (χ1v) is 11.1. The lowest BCUT2D eigenvalue weighted by Gasteiger charge is -2.39. The number of pyridine rings is 1. The third-order valence-electron chi connectivity index (χ3n) is 6.77. The van der Waals surface area contributed by atoms with Crippen LogP contribution in [0.4, 0.5) is 8.78 Å². The van der Waals surface area contributed by atoms with Crippen molar-refractivity contribution in [2.45, 2.75) is 57.3 Å². The van der Waals surface area contributed by atoms with Gasteiger partial charge in [-0.3, -0.25) is 9.59 Å². The summed E-state index contributed by atoms with van der Waals surface area (Å²) in [6, 6.07) is 6.60. The van der Waals surface area contributed by atoms with E-state index >= 15 is 0 Å². The summed E-state index contributed by atoms with van der Waals surface area (Å²) in [6.45, 7) is 1.71. The maximum atomic E-state index is 14.2. The summed E-state index contributed by atoms with van der Waals surface area (Å²) in [5.41, 5.74) is 0.603. The number of benzene rings is 1. The van der Waals surface area contributed by atoms with Crippen molar-refractivity contribution in [1.29, 1.82) is 0 Å². The van der Waals surface area contributed by atoms with Crippen molar-refractivity contribution in [3.8, 4) is 11.1 Å². The predicted octanol–water partition coefficient (Wildman–Crippen LogP) is 5.69. The van der Waals surface area contributed by atoms with Gasteiger partial charge in [-0.2, -0.15) is 0 Å². The highest BCUT2D eigenvalue weighted by Gasteiger charge is 2.46. The number of fused-ring (bicyclic) bond motifs is 1. The van der Waals surface area contributed by atoms with Crippen LogP contribution in [0, 0.1) is 11.7 Å². The molecule has 0 bridgehead atoms. The highest BCUT2D eigenvalue weighted by atomic mass is 35.5. The molecule has 1 aromatic carbocycles. The fraction of sp³-hybridized carbons (Fsp3) is 0.417. The molecule has 31 heavy (non-hydrogen) atoms. The van der Waals surface area contributed by atoms with Crippen LogP contribution in [0.3, 0.4) is 0 Å². The second kappa shape index (κ2) is 7.30. The summed E-state index contributed by atoms with van der Waals surface area (Å²) in [5.74, 6) is -0.967. The molecular formula is C24H23ClF2N2O2. The second-order valence-corrected chi connectivity index (χ2v) is 9.30. The van der Waals surface area contributed by atoms with E-state index in [0.717, 1.165) is 18.4 Å². The molecule has 2 aromatic heterocycles. The van der Waals surface area contributed by atoms with Crippen LogP contribution in [0.15, 0.2) is 41.5 Å². The molecule has 0 atom stereocenters. The van der Waals surface area contributed by atoms with E-state index in [-0.39, 0.29) is 41.7 Å². The van der Waals surface area contributed by atoms with Crippen molar-refractivity contribution in [3.05, 3.63) is 57.9 Å². The molecule has 162 valence electrons. The van der Waals surface area contributed by atoms with Gasteiger partial charge in [0.05, 0.1) is 22.5 Å².